The van der Waals surface area contributed by atoms with Crippen LogP contribution in [0.25, 0.3) is 22.3 Å². The lowest BCUT2D eigenvalue weighted by Crippen LogP contribution is -2.36. The molecule has 0 unspecified atom stereocenters. The van der Waals surface area contributed by atoms with E-state index in [-0.39, 0.29) is 12.0 Å². The maximum absolute atomic E-state index is 11.6. The quantitative estimate of drug-likeness (QED) is 0.621. The molecule has 3 aromatic rings. The van der Waals surface area contributed by atoms with Crippen LogP contribution in [-0.4, -0.2) is 58.2 Å². The van der Waals surface area contributed by atoms with Crippen LogP contribution in [0.1, 0.15) is 44.1 Å². The lowest BCUT2D eigenvalue weighted by atomic mass is 9.89. The van der Waals surface area contributed by atoms with Crippen molar-refractivity contribution in [2.24, 2.45) is 0 Å². The summed E-state index contributed by atoms with van der Waals surface area (Å²) in [7, 11) is 0. The van der Waals surface area contributed by atoms with E-state index >= 15 is 0 Å². The van der Waals surface area contributed by atoms with Crippen molar-refractivity contribution in [1.29, 1.82) is 0 Å². The fourth-order valence-electron chi connectivity index (χ4n) is 4.59. The number of carbonyl (C=O) groups is 1. The number of nitrogens with zero attached hydrogens (tertiary/aromatic N) is 4. The van der Waals surface area contributed by atoms with Gasteiger partial charge in [-0.25, -0.2) is 9.97 Å². The van der Waals surface area contributed by atoms with Crippen molar-refractivity contribution in [2.45, 2.75) is 44.6 Å². The number of ether oxygens (including phenoxy) is 2. The molecular weight excluding hydrogens is 404 g/mol. The van der Waals surface area contributed by atoms with E-state index in [1.165, 1.54) is 5.56 Å². The van der Waals surface area contributed by atoms with Crippen LogP contribution >= 0.6 is 0 Å². The summed E-state index contributed by atoms with van der Waals surface area (Å²) in [6, 6.07) is 10.6. The Morgan fingerprint density at radius 3 is 2.59 bits per heavy atom. The Morgan fingerprint density at radius 2 is 1.88 bits per heavy atom. The smallest absolute Gasteiger partial charge is 0.243 e. The minimum Gasteiger partial charge on any atom is -0.470 e. The molecule has 7 nitrogen and oxygen atoms in total. The lowest BCUT2D eigenvalue weighted by Gasteiger charge is -2.31. The third-order valence-corrected chi connectivity index (χ3v) is 6.44. The molecule has 2 fully saturated rings. The van der Waals surface area contributed by atoms with Gasteiger partial charge < -0.3 is 14.4 Å². The summed E-state index contributed by atoms with van der Waals surface area (Å²) in [5.41, 5.74) is 4.60. The van der Waals surface area contributed by atoms with Gasteiger partial charge in [0.1, 0.15) is 6.10 Å². The second kappa shape index (κ2) is 9.20. The highest BCUT2D eigenvalue weighted by atomic mass is 16.5. The molecule has 2 aromatic heterocycles. The summed E-state index contributed by atoms with van der Waals surface area (Å²) in [5, 5.41) is 0. The Labute approximate surface area is 187 Å². The van der Waals surface area contributed by atoms with Crippen LogP contribution in [-0.2, 0) is 9.53 Å². The van der Waals surface area contributed by atoms with Crippen molar-refractivity contribution in [3.8, 4) is 17.1 Å². The van der Waals surface area contributed by atoms with Crippen LogP contribution in [0.15, 0.2) is 42.7 Å². The Balaban J connectivity index is 1.39. The molecule has 4 heterocycles. The first-order valence-corrected chi connectivity index (χ1v) is 11.4. The summed E-state index contributed by atoms with van der Waals surface area (Å²) in [6.07, 6.45) is 7.29. The number of amides is 1. The Morgan fingerprint density at radius 1 is 1.09 bits per heavy atom. The Kier molecular flexibility index (Phi) is 5.99. The molecule has 5 rings (SSSR count). The zero-order valence-corrected chi connectivity index (χ0v) is 18.4. The maximum atomic E-state index is 11.6. The molecule has 2 aliphatic heterocycles. The molecule has 32 heavy (non-hydrogen) atoms. The topological polar surface area (TPSA) is 77.4 Å². The van der Waals surface area contributed by atoms with E-state index in [4.69, 9.17) is 14.5 Å². The van der Waals surface area contributed by atoms with E-state index in [1.54, 1.807) is 19.3 Å². The molecule has 2 saturated heterocycles. The summed E-state index contributed by atoms with van der Waals surface area (Å²) in [5.74, 6) is 1.17. The Hall–Kier alpha value is -3.06. The summed E-state index contributed by atoms with van der Waals surface area (Å²) < 4.78 is 11.8. The van der Waals surface area contributed by atoms with Crippen molar-refractivity contribution < 1.29 is 14.3 Å². The van der Waals surface area contributed by atoms with Crippen LogP contribution in [0, 0.1) is 0 Å². The third kappa shape index (κ3) is 4.43. The molecule has 0 bridgehead atoms. The molecule has 2 aliphatic rings. The number of benzene rings is 1. The molecular formula is C25H28N4O3. The third-order valence-electron chi connectivity index (χ3n) is 6.44. The number of likely N-dealkylation sites (tertiary alicyclic amines) is 1. The largest absolute Gasteiger partial charge is 0.470 e. The molecule has 0 saturated carbocycles. The average molecular weight is 433 g/mol. The minimum absolute atomic E-state index is 0.0139. The van der Waals surface area contributed by atoms with Gasteiger partial charge in [-0.15, -0.1) is 0 Å². The number of rotatable bonds is 4. The van der Waals surface area contributed by atoms with Crippen LogP contribution in [0.2, 0.25) is 0 Å². The number of aromatic nitrogens is 3. The van der Waals surface area contributed by atoms with Crippen molar-refractivity contribution in [3.63, 3.8) is 0 Å². The van der Waals surface area contributed by atoms with Crippen molar-refractivity contribution in [2.75, 3.05) is 26.3 Å². The van der Waals surface area contributed by atoms with E-state index in [1.807, 2.05) is 11.0 Å². The summed E-state index contributed by atoms with van der Waals surface area (Å²) in [6.45, 7) is 4.67. The highest BCUT2D eigenvalue weighted by Gasteiger charge is 2.22. The van der Waals surface area contributed by atoms with Crippen molar-refractivity contribution in [1.82, 2.24) is 19.9 Å². The fourth-order valence-corrected chi connectivity index (χ4v) is 4.59. The van der Waals surface area contributed by atoms with Crippen molar-refractivity contribution >= 4 is 16.9 Å². The molecule has 1 aromatic carbocycles. The maximum Gasteiger partial charge on any atom is 0.243 e. The molecule has 0 spiro atoms. The van der Waals surface area contributed by atoms with Gasteiger partial charge in [-0.2, -0.15) is 0 Å². The van der Waals surface area contributed by atoms with E-state index in [9.17, 15) is 4.79 Å². The number of piperidine rings is 1. The van der Waals surface area contributed by atoms with Gasteiger partial charge in [-0.05, 0) is 43.2 Å². The van der Waals surface area contributed by atoms with E-state index in [0.717, 1.165) is 62.2 Å². The van der Waals surface area contributed by atoms with Gasteiger partial charge in [0.25, 0.3) is 0 Å². The summed E-state index contributed by atoms with van der Waals surface area (Å²) >= 11 is 0. The number of hydrogen-bond acceptors (Lipinski definition) is 6. The number of fused-ring (bicyclic) bond motifs is 1. The molecule has 166 valence electrons. The number of hydrogen-bond donors (Lipinski definition) is 0. The van der Waals surface area contributed by atoms with E-state index in [0.29, 0.717) is 23.9 Å². The van der Waals surface area contributed by atoms with Crippen molar-refractivity contribution in [3.05, 3.63) is 48.3 Å². The highest BCUT2D eigenvalue weighted by Crippen LogP contribution is 2.32. The molecule has 7 heteroatoms. The normalized spacial score (nSPS) is 19.8. The molecule has 1 atom stereocenters. The second-order valence-corrected chi connectivity index (χ2v) is 8.60. The van der Waals surface area contributed by atoms with E-state index in [2.05, 4.69) is 34.2 Å². The monoisotopic (exact) mass is 432 g/mol. The molecule has 0 radical (unpaired) electrons. The van der Waals surface area contributed by atoms with Crippen LogP contribution < -0.4 is 4.74 Å². The first-order chi connectivity index (χ1) is 15.7. The fraction of sp³-hybridized carbons (Fsp3) is 0.440. The Bertz CT molecular complexity index is 1090. The van der Waals surface area contributed by atoms with Gasteiger partial charge in [-0.3, -0.25) is 9.78 Å². The first kappa shape index (κ1) is 20.8. The summed E-state index contributed by atoms with van der Waals surface area (Å²) in [4.78, 5) is 27.3. The lowest BCUT2D eigenvalue weighted by molar-refractivity contribution is -0.129. The highest BCUT2D eigenvalue weighted by molar-refractivity contribution is 5.83. The minimum atomic E-state index is -0.0139. The van der Waals surface area contributed by atoms with Gasteiger partial charge in [0, 0.05) is 44.6 Å². The average Bonchev–Trinajstić information content (AvgIpc) is 2.85. The van der Waals surface area contributed by atoms with Crippen LogP contribution in [0.3, 0.4) is 0 Å². The standard InChI is InChI=1S/C25H28N4O3/c1-17(30)29-12-8-19(9-13-29)18-4-6-20(7-5-18)22-15-23-24(27-11-10-26-23)25(28-22)32-21-3-2-14-31-16-21/h4-7,10-11,15,19,21H,2-3,8-9,12-14,16H2,1H3/t21-/m1/s1. The van der Waals surface area contributed by atoms with Gasteiger partial charge >= 0.3 is 0 Å². The molecule has 1 amide bonds. The zero-order chi connectivity index (χ0) is 21.9. The first-order valence-electron chi connectivity index (χ1n) is 11.4. The number of carbonyl (C=O) groups excluding carboxylic acids is 1. The van der Waals surface area contributed by atoms with Gasteiger partial charge in [0.05, 0.1) is 17.8 Å². The van der Waals surface area contributed by atoms with Gasteiger partial charge in [0.2, 0.25) is 11.8 Å². The van der Waals surface area contributed by atoms with Gasteiger partial charge in [-0.1, -0.05) is 24.3 Å². The van der Waals surface area contributed by atoms with Crippen LogP contribution in [0.5, 0.6) is 5.88 Å². The number of pyridine rings is 1. The van der Waals surface area contributed by atoms with Crippen LogP contribution in [0.4, 0.5) is 0 Å². The second-order valence-electron chi connectivity index (χ2n) is 8.60. The predicted octanol–water partition coefficient (Wildman–Crippen LogP) is 3.98. The van der Waals surface area contributed by atoms with Gasteiger partial charge in [0.15, 0.2) is 5.52 Å². The molecule has 0 N–H and O–H groups in total. The predicted molar refractivity (Wildman–Crippen MR) is 121 cm³/mol. The zero-order valence-electron chi connectivity index (χ0n) is 18.4. The SMILES string of the molecule is CC(=O)N1CCC(c2ccc(-c3cc4nccnc4c(O[C@@H]4CCCOC4)n3)cc2)CC1. The van der Waals surface area contributed by atoms with E-state index < -0.39 is 0 Å². The molecule has 0 aliphatic carbocycles.